The van der Waals surface area contributed by atoms with Crippen LogP contribution in [-0.4, -0.2) is 39.3 Å². The third kappa shape index (κ3) is 5.01. The van der Waals surface area contributed by atoms with Gasteiger partial charge in [-0.25, -0.2) is 4.68 Å². The summed E-state index contributed by atoms with van der Waals surface area (Å²) in [5.74, 6) is 1.58. The standard InChI is InChI=1S/C28H26N6O5/c1-4-39-21-14-12-18(13-15-21)25-24(27(35)30-22-10-5-6-11-23(22)38-3)17(2)29-28-31-26(32-33(25)28)19-8-7-9-20(16-19)34(36)37/h5-16,25H,4H2,1-3H3,(H,30,35)(H,29,31,32). The summed E-state index contributed by atoms with van der Waals surface area (Å²) in [6, 6.07) is 20.1. The zero-order valence-electron chi connectivity index (χ0n) is 21.5. The van der Waals surface area contributed by atoms with E-state index in [0.29, 0.717) is 46.6 Å². The summed E-state index contributed by atoms with van der Waals surface area (Å²) >= 11 is 0. The van der Waals surface area contributed by atoms with E-state index in [1.54, 1.807) is 35.9 Å². The number of nitro benzene ring substituents is 1. The molecule has 0 spiro atoms. The zero-order chi connectivity index (χ0) is 27.5. The van der Waals surface area contributed by atoms with Crippen LogP contribution in [0.3, 0.4) is 0 Å². The summed E-state index contributed by atoms with van der Waals surface area (Å²) in [6.45, 7) is 4.23. The molecule has 3 aromatic carbocycles. The van der Waals surface area contributed by atoms with E-state index in [9.17, 15) is 14.9 Å². The summed E-state index contributed by atoms with van der Waals surface area (Å²) in [7, 11) is 1.54. The van der Waals surface area contributed by atoms with E-state index < -0.39 is 11.0 Å². The van der Waals surface area contributed by atoms with E-state index in [1.807, 2.05) is 43.3 Å². The number of nitrogens with zero attached hydrogens (tertiary/aromatic N) is 4. The first-order valence-electron chi connectivity index (χ1n) is 12.3. The molecule has 1 unspecified atom stereocenters. The lowest BCUT2D eigenvalue weighted by molar-refractivity contribution is -0.384. The molecule has 2 heterocycles. The van der Waals surface area contributed by atoms with Crippen molar-refractivity contribution in [3.8, 4) is 22.9 Å². The Labute approximate surface area is 224 Å². The van der Waals surface area contributed by atoms with Crippen LogP contribution in [0.25, 0.3) is 11.4 Å². The zero-order valence-corrected chi connectivity index (χ0v) is 21.5. The van der Waals surface area contributed by atoms with Gasteiger partial charge in [-0.2, -0.15) is 4.98 Å². The van der Waals surface area contributed by atoms with Gasteiger partial charge in [-0.1, -0.05) is 36.4 Å². The number of para-hydroxylation sites is 2. The number of amides is 1. The highest BCUT2D eigenvalue weighted by molar-refractivity contribution is 6.06. The Morgan fingerprint density at radius 3 is 2.62 bits per heavy atom. The molecule has 0 saturated carbocycles. The van der Waals surface area contributed by atoms with Crippen molar-refractivity contribution in [1.82, 2.24) is 14.8 Å². The first-order valence-corrected chi connectivity index (χ1v) is 12.3. The van der Waals surface area contributed by atoms with Gasteiger partial charge in [0, 0.05) is 23.4 Å². The number of nitro groups is 1. The van der Waals surface area contributed by atoms with Crippen LogP contribution in [0.5, 0.6) is 11.5 Å². The Morgan fingerprint density at radius 1 is 1.13 bits per heavy atom. The number of anilines is 2. The SMILES string of the molecule is CCOc1ccc(C2C(C(=O)Nc3ccccc3OC)=C(C)Nc3nc(-c4cccc([N+](=O)[O-])c4)nn32)cc1. The number of allylic oxidation sites excluding steroid dienone is 1. The van der Waals surface area contributed by atoms with E-state index in [0.717, 1.165) is 5.56 Å². The molecule has 0 fully saturated rings. The summed E-state index contributed by atoms with van der Waals surface area (Å²) in [6.07, 6.45) is 0. The molecule has 2 N–H and O–H groups in total. The lowest BCUT2D eigenvalue weighted by Gasteiger charge is -2.29. The van der Waals surface area contributed by atoms with Crippen LogP contribution < -0.4 is 20.1 Å². The molecule has 1 amide bonds. The van der Waals surface area contributed by atoms with Crippen LogP contribution in [0.15, 0.2) is 84.1 Å². The van der Waals surface area contributed by atoms with E-state index >= 15 is 0 Å². The summed E-state index contributed by atoms with van der Waals surface area (Å²) < 4.78 is 12.6. The number of hydrogen-bond acceptors (Lipinski definition) is 8. The topological polar surface area (TPSA) is 133 Å². The van der Waals surface area contributed by atoms with Gasteiger partial charge in [-0.05, 0) is 43.7 Å². The smallest absolute Gasteiger partial charge is 0.270 e. The van der Waals surface area contributed by atoms with Crippen molar-refractivity contribution in [2.45, 2.75) is 19.9 Å². The molecule has 5 rings (SSSR count). The van der Waals surface area contributed by atoms with Crippen molar-refractivity contribution in [2.24, 2.45) is 0 Å². The normalized spacial score (nSPS) is 14.3. The third-order valence-corrected chi connectivity index (χ3v) is 6.27. The second-order valence-corrected chi connectivity index (χ2v) is 8.73. The minimum atomic E-state index is -0.647. The molecule has 0 aliphatic carbocycles. The molecule has 0 bridgehead atoms. The fourth-order valence-corrected chi connectivity index (χ4v) is 4.48. The maximum atomic E-state index is 13.8. The van der Waals surface area contributed by atoms with Gasteiger partial charge < -0.3 is 20.1 Å². The van der Waals surface area contributed by atoms with Crippen LogP contribution in [0.2, 0.25) is 0 Å². The number of hydrogen-bond donors (Lipinski definition) is 2. The average Bonchev–Trinajstić information content (AvgIpc) is 3.37. The van der Waals surface area contributed by atoms with Crippen molar-refractivity contribution in [3.05, 3.63) is 99.7 Å². The van der Waals surface area contributed by atoms with E-state index in [-0.39, 0.29) is 17.4 Å². The maximum absolute atomic E-state index is 13.8. The minimum absolute atomic E-state index is 0.0672. The summed E-state index contributed by atoms with van der Waals surface area (Å²) in [5.41, 5.74) is 2.73. The number of methoxy groups -OCH3 is 1. The lowest BCUT2D eigenvalue weighted by Crippen LogP contribution is -2.31. The molecule has 1 aromatic heterocycles. The van der Waals surface area contributed by atoms with Crippen LogP contribution in [0.1, 0.15) is 25.5 Å². The third-order valence-electron chi connectivity index (χ3n) is 6.27. The number of non-ortho nitro benzene ring substituents is 1. The molecule has 0 radical (unpaired) electrons. The van der Waals surface area contributed by atoms with E-state index in [4.69, 9.17) is 14.6 Å². The number of rotatable bonds is 8. The van der Waals surface area contributed by atoms with E-state index in [1.165, 1.54) is 19.2 Å². The number of fused-ring (bicyclic) bond motifs is 1. The van der Waals surface area contributed by atoms with Crippen LogP contribution in [-0.2, 0) is 4.79 Å². The molecular weight excluding hydrogens is 500 g/mol. The first-order chi connectivity index (χ1) is 18.9. The van der Waals surface area contributed by atoms with Gasteiger partial charge in [-0.3, -0.25) is 14.9 Å². The van der Waals surface area contributed by atoms with Gasteiger partial charge in [-0.15, -0.1) is 5.10 Å². The van der Waals surface area contributed by atoms with Crippen molar-refractivity contribution >= 4 is 23.2 Å². The van der Waals surface area contributed by atoms with Crippen molar-refractivity contribution < 1.29 is 19.2 Å². The largest absolute Gasteiger partial charge is 0.495 e. The highest BCUT2D eigenvalue weighted by Crippen LogP contribution is 2.38. The molecule has 4 aromatic rings. The Kier molecular flexibility index (Phi) is 6.96. The Balaban J connectivity index is 1.59. The predicted octanol–water partition coefficient (Wildman–Crippen LogP) is 5.19. The number of benzene rings is 3. The molecule has 11 nitrogen and oxygen atoms in total. The second kappa shape index (κ2) is 10.7. The fourth-order valence-electron chi connectivity index (χ4n) is 4.48. The second-order valence-electron chi connectivity index (χ2n) is 8.73. The highest BCUT2D eigenvalue weighted by atomic mass is 16.6. The van der Waals surface area contributed by atoms with Crippen molar-refractivity contribution in [3.63, 3.8) is 0 Å². The summed E-state index contributed by atoms with van der Waals surface area (Å²) in [4.78, 5) is 29.2. The van der Waals surface area contributed by atoms with Crippen LogP contribution in [0.4, 0.5) is 17.3 Å². The van der Waals surface area contributed by atoms with E-state index in [2.05, 4.69) is 15.6 Å². The minimum Gasteiger partial charge on any atom is -0.495 e. The monoisotopic (exact) mass is 526 g/mol. The molecule has 1 aliphatic rings. The van der Waals surface area contributed by atoms with Crippen LogP contribution in [0, 0.1) is 10.1 Å². The van der Waals surface area contributed by atoms with Gasteiger partial charge in [0.2, 0.25) is 5.95 Å². The van der Waals surface area contributed by atoms with Gasteiger partial charge in [0.05, 0.1) is 29.9 Å². The maximum Gasteiger partial charge on any atom is 0.270 e. The summed E-state index contributed by atoms with van der Waals surface area (Å²) in [5, 5.41) is 22.2. The number of aromatic nitrogens is 3. The van der Waals surface area contributed by atoms with Crippen LogP contribution >= 0.6 is 0 Å². The lowest BCUT2D eigenvalue weighted by atomic mass is 9.95. The van der Waals surface area contributed by atoms with Crippen molar-refractivity contribution in [1.29, 1.82) is 0 Å². The fraction of sp³-hybridized carbons (Fsp3) is 0.179. The van der Waals surface area contributed by atoms with Gasteiger partial charge in [0.25, 0.3) is 11.6 Å². The molecule has 198 valence electrons. The number of carbonyl (C=O) groups is 1. The molecular formula is C28H26N6O5. The number of carbonyl (C=O) groups excluding carboxylic acids is 1. The number of nitrogens with one attached hydrogen (secondary N) is 2. The molecule has 0 saturated heterocycles. The van der Waals surface area contributed by atoms with Gasteiger partial charge in [0.1, 0.15) is 17.5 Å². The Morgan fingerprint density at radius 2 is 1.90 bits per heavy atom. The first kappa shape index (κ1) is 25.5. The predicted molar refractivity (Wildman–Crippen MR) is 146 cm³/mol. The Bertz CT molecular complexity index is 1580. The van der Waals surface area contributed by atoms with Crippen molar-refractivity contribution in [2.75, 3.05) is 24.4 Å². The van der Waals surface area contributed by atoms with Gasteiger partial charge in [0.15, 0.2) is 5.82 Å². The van der Waals surface area contributed by atoms with Gasteiger partial charge >= 0.3 is 0 Å². The molecule has 1 aliphatic heterocycles. The molecule has 39 heavy (non-hydrogen) atoms. The quantitative estimate of drug-likeness (QED) is 0.237. The highest BCUT2D eigenvalue weighted by Gasteiger charge is 2.35. The average molecular weight is 527 g/mol. The molecule has 11 heteroatoms. The Hall–Kier alpha value is -5.19. The number of ether oxygens (including phenoxy) is 2. The molecule has 1 atom stereocenters.